The number of imidazole rings is 1. The molecule has 2 aromatic heterocycles. The molecular formula is C12H18N5O8P. The van der Waals surface area contributed by atoms with Gasteiger partial charge in [0.25, 0.3) is 0 Å². The Labute approximate surface area is 146 Å². The first kappa shape index (κ1) is 19.1. The second kappa shape index (κ2) is 7.13. The van der Waals surface area contributed by atoms with Crippen molar-refractivity contribution in [1.82, 2.24) is 19.5 Å². The van der Waals surface area contributed by atoms with Crippen molar-refractivity contribution in [3.8, 4) is 0 Å². The monoisotopic (exact) mass is 391 g/mol. The van der Waals surface area contributed by atoms with E-state index in [0.29, 0.717) is 0 Å². The van der Waals surface area contributed by atoms with Crippen LogP contribution in [0, 0.1) is 0 Å². The first-order chi connectivity index (χ1) is 12.2. The summed E-state index contributed by atoms with van der Waals surface area (Å²) in [5.41, 5.74) is 6.22. The molecule has 0 amide bonds. The van der Waals surface area contributed by atoms with Crippen molar-refractivity contribution in [3.63, 3.8) is 0 Å². The van der Waals surface area contributed by atoms with Gasteiger partial charge < -0.3 is 40.3 Å². The first-order valence-corrected chi connectivity index (χ1v) is 9.24. The fourth-order valence-electron chi connectivity index (χ4n) is 2.75. The van der Waals surface area contributed by atoms with Crippen molar-refractivity contribution in [2.45, 2.75) is 30.6 Å². The van der Waals surface area contributed by atoms with Gasteiger partial charge in [-0.25, -0.2) is 15.0 Å². The van der Waals surface area contributed by atoms with E-state index in [1.54, 1.807) is 0 Å². The van der Waals surface area contributed by atoms with E-state index >= 15 is 0 Å². The number of hydrogen-bond acceptors (Lipinski definition) is 10. The van der Waals surface area contributed by atoms with Crippen molar-refractivity contribution in [3.05, 3.63) is 12.7 Å². The smallest absolute Gasteiger partial charge is 0.350 e. The lowest BCUT2D eigenvalue weighted by molar-refractivity contribution is -0.103. The molecule has 144 valence electrons. The average molecular weight is 391 g/mol. The summed E-state index contributed by atoms with van der Waals surface area (Å²) in [6.07, 6.45) is -5.11. The molecule has 1 aliphatic rings. The molecule has 3 rings (SSSR count). The van der Waals surface area contributed by atoms with Gasteiger partial charge in [-0.1, -0.05) is 0 Å². The summed E-state index contributed by atoms with van der Waals surface area (Å²) in [5.74, 6) is 0.113. The van der Waals surface area contributed by atoms with Gasteiger partial charge in [0.05, 0.1) is 12.9 Å². The number of aliphatic hydroxyl groups is 3. The number of nitrogen functional groups attached to an aromatic ring is 1. The van der Waals surface area contributed by atoms with E-state index in [0.717, 1.165) is 0 Å². The standard InChI is InChI=1S/C12H18N5O8P/c13-10-6-11(15-2-14-10)17(3-16-6)12-7(20)9(24-4-26(21,22)23)8(25-12)5(19)1-18/h2-3,5,7-9,12,18-20H,1,4H2,(H2,13,14,15)(H2,21,22,23)/t5-,7-,8+,9-,12-/m1/s1. The van der Waals surface area contributed by atoms with Crippen molar-refractivity contribution in [2.24, 2.45) is 0 Å². The average Bonchev–Trinajstić information content (AvgIpc) is 3.14. The predicted octanol–water partition coefficient (Wildman–Crippen LogP) is -2.46. The third-order valence-electron chi connectivity index (χ3n) is 3.91. The molecule has 0 bridgehead atoms. The second-order valence-corrected chi connectivity index (χ2v) is 7.33. The van der Waals surface area contributed by atoms with Gasteiger partial charge in [-0.15, -0.1) is 0 Å². The molecule has 0 aliphatic carbocycles. The Morgan fingerprint density at radius 1 is 1.38 bits per heavy atom. The van der Waals surface area contributed by atoms with E-state index in [1.807, 2.05) is 0 Å². The SMILES string of the molecule is Nc1ncnc2c1ncn2[C@@H]1O[C@@H]([C@H](O)CO)[C@H](OCP(=O)(O)O)[C@H]1O. The minimum Gasteiger partial charge on any atom is -0.394 e. The van der Waals surface area contributed by atoms with E-state index in [4.69, 9.17) is 25.0 Å². The zero-order valence-electron chi connectivity index (χ0n) is 13.2. The van der Waals surface area contributed by atoms with Crippen molar-refractivity contribution >= 4 is 24.6 Å². The number of nitrogens with zero attached hydrogens (tertiary/aromatic N) is 4. The number of anilines is 1. The maximum absolute atomic E-state index is 11.1. The van der Waals surface area contributed by atoms with E-state index in [9.17, 15) is 19.9 Å². The quantitative estimate of drug-likeness (QED) is 0.284. The third kappa shape index (κ3) is 3.56. The molecule has 0 saturated carbocycles. The van der Waals surface area contributed by atoms with E-state index in [2.05, 4.69) is 15.0 Å². The normalized spacial score (nSPS) is 27.9. The van der Waals surface area contributed by atoms with Gasteiger partial charge >= 0.3 is 7.60 Å². The van der Waals surface area contributed by atoms with Crippen molar-refractivity contribution < 1.29 is 39.1 Å². The van der Waals surface area contributed by atoms with Gasteiger partial charge in [-0.05, 0) is 0 Å². The highest BCUT2D eigenvalue weighted by atomic mass is 31.2. The number of aromatic nitrogens is 4. The Kier molecular flexibility index (Phi) is 5.23. The molecule has 0 spiro atoms. The lowest BCUT2D eigenvalue weighted by atomic mass is 10.1. The molecule has 1 fully saturated rings. The Balaban J connectivity index is 1.92. The molecule has 0 unspecified atom stereocenters. The molecule has 26 heavy (non-hydrogen) atoms. The minimum absolute atomic E-state index is 0.113. The summed E-state index contributed by atoms with van der Waals surface area (Å²) >= 11 is 0. The van der Waals surface area contributed by atoms with Crippen LogP contribution < -0.4 is 5.73 Å². The zero-order chi connectivity index (χ0) is 19.1. The maximum atomic E-state index is 11.1. The molecule has 3 heterocycles. The summed E-state index contributed by atoms with van der Waals surface area (Å²) in [7, 11) is -4.52. The number of fused-ring (bicyclic) bond motifs is 1. The van der Waals surface area contributed by atoms with Crippen LogP contribution in [0.1, 0.15) is 6.23 Å². The molecule has 1 aliphatic heterocycles. The van der Waals surface area contributed by atoms with Crippen LogP contribution in [0.25, 0.3) is 11.2 Å². The van der Waals surface area contributed by atoms with Crippen molar-refractivity contribution in [1.29, 1.82) is 0 Å². The Hall–Kier alpha value is -1.70. The minimum atomic E-state index is -4.52. The van der Waals surface area contributed by atoms with Crippen LogP contribution in [0.2, 0.25) is 0 Å². The molecular weight excluding hydrogens is 373 g/mol. The fraction of sp³-hybridized carbons (Fsp3) is 0.583. The Bertz CT molecular complexity index is 827. The largest absolute Gasteiger partial charge is 0.394 e. The van der Waals surface area contributed by atoms with Crippen LogP contribution >= 0.6 is 7.60 Å². The molecule has 0 radical (unpaired) electrons. The maximum Gasteiger partial charge on any atom is 0.350 e. The summed E-state index contributed by atoms with van der Waals surface area (Å²) in [4.78, 5) is 29.8. The highest BCUT2D eigenvalue weighted by Crippen LogP contribution is 2.39. The molecule has 13 nitrogen and oxygen atoms in total. The first-order valence-electron chi connectivity index (χ1n) is 7.44. The van der Waals surface area contributed by atoms with Crippen molar-refractivity contribution in [2.75, 3.05) is 18.7 Å². The van der Waals surface area contributed by atoms with Gasteiger partial charge in [-0.2, -0.15) is 0 Å². The van der Waals surface area contributed by atoms with Gasteiger partial charge in [0.2, 0.25) is 0 Å². The van der Waals surface area contributed by atoms with Gasteiger partial charge in [0.1, 0.15) is 42.6 Å². The van der Waals surface area contributed by atoms with Crippen LogP contribution in [0.3, 0.4) is 0 Å². The van der Waals surface area contributed by atoms with Crippen LogP contribution in [0.5, 0.6) is 0 Å². The molecule has 5 atom stereocenters. The van der Waals surface area contributed by atoms with Gasteiger partial charge in [0, 0.05) is 0 Å². The number of rotatable bonds is 6. The number of nitrogens with two attached hydrogens (primary N) is 1. The molecule has 7 N–H and O–H groups in total. The number of ether oxygens (including phenoxy) is 2. The van der Waals surface area contributed by atoms with Crippen LogP contribution in [0.4, 0.5) is 5.82 Å². The van der Waals surface area contributed by atoms with Crippen LogP contribution in [-0.4, -0.2) is 82.0 Å². The number of aliphatic hydroxyl groups excluding tert-OH is 3. The highest BCUT2D eigenvalue weighted by Gasteiger charge is 2.49. The van der Waals surface area contributed by atoms with E-state index in [-0.39, 0.29) is 17.0 Å². The Morgan fingerprint density at radius 2 is 2.12 bits per heavy atom. The topological polar surface area (TPSA) is 206 Å². The van der Waals surface area contributed by atoms with Gasteiger partial charge in [0.15, 0.2) is 17.7 Å². The summed E-state index contributed by atoms with van der Waals surface area (Å²) in [6, 6.07) is 0. The van der Waals surface area contributed by atoms with Gasteiger partial charge in [-0.3, -0.25) is 9.13 Å². The summed E-state index contributed by atoms with van der Waals surface area (Å²) in [5, 5.41) is 29.6. The predicted molar refractivity (Wildman–Crippen MR) is 84.5 cm³/mol. The zero-order valence-corrected chi connectivity index (χ0v) is 14.1. The second-order valence-electron chi connectivity index (χ2n) is 5.74. The lowest BCUT2D eigenvalue weighted by Gasteiger charge is -2.23. The van der Waals surface area contributed by atoms with Crippen LogP contribution in [-0.2, 0) is 14.0 Å². The van der Waals surface area contributed by atoms with Crippen LogP contribution in [0.15, 0.2) is 12.7 Å². The summed E-state index contributed by atoms with van der Waals surface area (Å²) in [6.45, 7) is -0.709. The molecule has 0 aromatic carbocycles. The van der Waals surface area contributed by atoms with E-state index in [1.165, 1.54) is 17.2 Å². The fourth-order valence-corrected chi connectivity index (χ4v) is 3.12. The number of hydrogen-bond donors (Lipinski definition) is 6. The van der Waals surface area contributed by atoms with E-state index < -0.39 is 51.2 Å². The molecule has 2 aromatic rings. The highest BCUT2D eigenvalue weighted by molar-refractivity contribution is 7.51. The Morgan fingerprint density at radius 3 is 2.77 bits per heavy atom. The molecule has 1 saturated heterocycles. The summed E-state index contributed by atoms with van der Waals surface area (Å²) < 4.78 is 23.0. The molecule has 14 heteroatoms. The lowest BCUT2D eigenvalue weighted by Crippen LogP contribution is -2.42. The third-order valence-corrected chi connectivity index (χ3v) is 4.40.